The smallest absolute Gasteiger partial charge is 0.251 e. The van der Waals surface area contributed by atoms with Crippen LogP contribution in [0.5, 0.6) is 0 Å². The summed E-state index contributed by atoms with van der Waals surface area (Å²) in [4.78, 5) is 16.0. The number of amides is 1. The van der Waals surface area contributed by atoms with Crippen LogP contribution in [0.4, 0.5) is 5.82 Å². The van der Waals surface area contributed by atoms with Gasteiger partial charge in [-0.3, -0.25) is 4.79 Å². The Labute approximate surface area is 112 Å². The first kappa shape index (κ1) is 13.1. The van der Waals surface area contributed by atoms with Crippen LogP contribution in [0.15, 0.2) is 12.1 Å². The van der Waals surface area contributed by atoms with Crippen molar-refractivity contribution in [2.45, 2.75) is 25.7 Å². The number of pyridine rings is 1. The summed E-state index contributed by atoms with van der Waals surface area (Å²) in [5.41, 5.74) is 0.549. The van der Waals surface area contributed by atoms with Crippen molar-refractivity contribution in [1.82, 2.24) is 10.3 Å². The molecule has 0 saturated heterocycles. The Bertz CT molecular complexity index is 432. The molecule has 0 spiro atoms. The molecule has 1 amide bonds. The summed E-state index contributed by atoms with van der Waals surface area (Å²) < 4.78 is 0. The van der Waals surface area contributed by atoms with Gasteiger partial charge in [-0.2, -0.15) is 0 Å². The molecule has 1 fully saturated rings. The molecule has 1 aromatic heterocycles. The van der Waals surface area contributed by atoms with Crippen molar-refractivity contribution >= 4 is 23.3 Å². The van der Waals surface area contributed by atoms with Gasteiger partial charge in [0.05, 0.1) is 0 Å². The normalized spacial score (nSPS) is 15.0. The lowest BCUT2D eigenvalue weighted by Crippen LogP contribution is -2.27. The number of hydrogen-bond acceptors (Lipinski definition) is 3. The fourth-order valence-electron chi connectivity index (χ4n) is 2.03. The SMILES string of the molecule is CNc1cc(C(=O)NCCC2CCC2)cc(Cl)n1. The molecular formula is C13H18ClN3O. The highest BCUT2D eigenvalue weighted by Crippen LogP contribution is 2.28. The third-order valence-electron chi connectivity index (χ3n) is 3.38. The van der Waals surface area contributed by atoms with Crippen LogP contribution in [-0.2, 0) is 0 Å². The van der Waals surface area contributed by atoms with Crippen LogP contribution in [0.3, 0.4) is 0 Å². The quantitative estimate of drug-likeness (QED) is 0.807. The molecule has 0 bridgehead atoms. The average molecular weight is 268 g/mol. The van der Waals surface area contributed by atoms with Crippen molar-refractivity contribution in [1.29, 1.82) is 0 Å². The predicted molar refractivity (Wildman–Crippen MR) is 73.1 cm³/mol. The predicted octanol–water partition coefficient (Wildman–Crippen LogP) is 2.70. The molecule has 1 heterocycles. The Kier molecular flexibility index (Phi) is 4.42. The molecule has 0 aliphatic heterocycles. The molecule has 1 aliphatic carbocycles. The number of hydrogen-bond donors (Lipinski definition) is 2. The van der Waals surface area contributed by atoms with Gasteiger partial charge in [0, 0.05) is 19.2 Å². The van der Waals surface area contributed by atoms with E-state index in [2.05, 4.69) is 15.6 Å². The molecule has 0 radical (unpaired) electrons. The van der Waals surface area contributed by atoms with E-state index >= 15 is 0 Å². The molecule has 4 nitrogen and oxygen atoms in total. The lowest BCUT2D eigenvalue weighted by atomic mass is 9.83. The first-order valence-corrected chi connectivity index (χ1v) is 6.70. The topological polar surface area (TPSA) is 54.0 Å². The van der Waals surface area contributed by atoms with Crippen LogP contribution in [-0.4, -0.2) is 24.5 Å². The maximum atomic E-state index is 11.9. The Morgan fingerprint density at radius 3 is 2.89 bits per heavy atom. The lowest BCUT2D eigenvalue weighted by molar-refractivity contribution is 0.0949. The summed E-state index contributed by atoms with van der Waals surface area (Å²) >= 11 is 5.86. The van der Waals surface area contributed by atoms with Gasteiger partial charge in [-0.05, 0) is 24.5 Å². The van der Waals surface area contributed by atoms with Gasteiger partial charge < -0.3 is 10.6 Å². The highest BCUT2D eigenvalue weighted by Gasteiger charge is 2.17. The van der Waals surface area contributed by atoms with E-state index in [1.165, 1.54) is 19.3 Å². The molecule has 1 aliphatic rings. The molecule has 18 heavy (non-hydrogen) atoms. The number of rotatable bonds is 5. The molecular weight excluding hydrogens is 250 g/mol. The number of nitrogens with one attached hydrogen (secondary N) is 2. The van der Waals surface area contributed by atoms with Gasteiger partial charge in [-0.15, -0.1) is 0 Å². The van der Waals surface area contributed by atoms with E-state index in [-0.39, 0.29) is 5.91 Å². The molecule has 1 aromatic rings. The van der Waals surface area contributed by atoms with Gasteiger partial charge in [-0.25, -0.2) is 4.98 Å². The van der Waals surface area contributed by atoms with Gasteiger partial charge in [-0.1, -0.05) is 30.9 Å². The van der Waals surface area contributed by atoms with Crippen molar-refractivity contribution in [3.63, 3.8) is 0 Å². The fraction of sp³-hybridized carbons (Fsp3) is 0.538. The Balaban J connectivity index is 1.88. The standard InChI is InChI=1S/C13H18ClN3O/c1-15-12-8-10(7-11(14)17-12)13(18)16-6-5-9-3-2-4-9/h7-9H,2-6H2,1H3,(H,15,17)(H,16,18). The highest BCUT2D eigenvalue weighted by atomic mass is 35.5. The van der Waals surface area contributed by atoms with Crippen molar-refractivity contribution in [3.05, 3.63) is 22.8 Å². The summed E-state index contributed by atoms with van der Waals surface area (Å²) in [6.07, 6.45) is 5.02. The largest absolute Gasteiger partial charge is 0.373 e. The molecule has 1 saturated carbocycles. The van der Waals surface area contributed by atoms with E-state index in [0.717, 1.165) is 18.9 Å². The third-order valence-corrected chi connectivity index (χ3v) is 3.57. The van der Waals surface area contributed by atoms with Crippen LogP contribution in [0.2, 0.25) is 5.15 Å². The van der Waals surface area contributed by atoms with Crippen molar-refractivity contribution in [2.24, 2.45) is 5.92 Å². The molecule has 0 atom stereocenters. The zero-order valence-electron chi connectivity index (χ0n) is 10.5. The Hall–Kier alpha value is -1.29. The fourth-order valence-corrected chi connectivity index (χ4v) is 2.24. The van der Waals surface area contributed by atoms with Crippen LogP contribution in [0.25, 0.3) is 0 Å². The summed E-state index contributed by atoms with van der Waals surface area (Å²) in [5, 5.41) is 6.13. The number of aromatic nitrogens is 1. The number of nitrogens with zero attached hydrogens (tertiary/aromatic N) is 1. The van der Waals surface area contributed by atoms with Crippen molar-refractivity contribution in [2.75, 3.05) is 18.9 Å². The second-order valence-electron chi connectivity index (χ2n) is 4.66. The van der Waals surface area contributed by atoms with Crippen LogP contribution < -0.4 is 10.6 Å². The van der Waals surface area contributed by atoms with Crippen LogP contribution >= 0.6 is 11.6 Å². The molecule has 5 heteroatoms. The summed E-state index contributed by atoms with van der Waals surface area (Å²) in [6, 6.07) is 3.28. The maximum absolute atomic E-state index is 11.9. The van der Waals surface area contributed by atoms with E-state index in [1.807, 2.05) is 0 Å². The third kappa shape index (κ3) is 3.35. The number of halogens is 1. The monoisotopic (exact) mass is 267 g/mol. The zero-order chi connectivity index (χ0) is 13.0. The van der Waals surface area contributed by atoms with Crippen LogP contribution in [0.1, 0.15) is 36.0 Å². The Morgan fingerprint density at radius 2 is 2.28 bits per heavy atom. The van der Waals surface area contributed by atoms with E-state index in [4.69, 9.17) is 11.6 Å². The highest BCUT2D eigenvalue weighted by molar-refractivity contribution is 6.29. The van der Waals surface area contributed by atoms with Crippen molar-refractivity contribution < 1.29 is 4.79 Å². The number of carbonyl (C=O) groups excluding carboxylic acids is 1. The molecule has 0 aromatic carbocycles. The van der Waals surface area contributed by atoms with E-state index < -0.39 is 0 Å². The molecule has 0 unspecified atom stereocenters. The van der Waals surface area contributed by atoms with Crippen molar-refractivity contribution in [3.8, 4) is 0 Å². The minimum Gasteiger partial charge on any atom is -0.373 e. The summed E-state index contributed by atoms with van der Waals surface area (Å²) in [5.74, 6) is 1.32. The second kappa shape index (κ2) is 6.05. The first-order chi connectivity index (χ1) is 8.69. The van der Waals surface area contributed by atoms with Crippen LogP contribution in [0, 0.1) is 5.92 Å². The average Bonchev–Trinajstić information content (AvgIpc) is 2.31. The summed E-state index contributed by atoms with van der Waals surface area (Å²) in [6.45, 7) is 0.734. The number of carbonyl (C=O) groups is 1. The minimum absolute atomic E-state index is 0.0878. The molecule has 2 N–H and O–H groups in total. The second-order valence-corrected chi connectivity index (χ2v) is 5.04. The van der Waals surface area contributed by atoms with E-state index in [9.17, 15) is 4.79 Å². The van der Waals surface area contributed by atoms with Gasteiger partial charge in [0.2, 0.25) is 0 Å². The summed E-state index contributed by atoms with van der Waals surface area (Å²) in [7, 11) is 1.75. The molecule has 98 valence electrons. The minimum atomic E-state index is -0.0878. The lowest BCUT2D eigenvalue weighted by Gasteiger charge is -2.25. The number of anilines is 1. The zero-order valence-corrected chi connectivity index (χ0v) is 11.3. The molecule has 2 rings (SSSR count). The van der Waals surface area contributed by atoms with E-state index in [1.54, 1.807) is 19.2 Å². The van der Waals surface area contributed by atoms with Gasteiger partial charge in [0.15, 0.2) is 0 Å². The van der Waals surface area contributed by atoms with Gasteiger partial charge in [0.25, 0.3) is 5.91 Å². The maximum Gasteiger partial charge on any atom is 0.251 e. The first-order valence-electron chi connectivity index (χ1n) is 6.32. The Morgan fingerprint density at radius 1 is 1.50 bits per heavy atom. The van der Waals surface area contributed by atoms with Gasteiger partial charge >= 0.3 is 0 Å². The van der Waals surface area contributed by atoms with Gasteiger partial charge in [0.1, 0.15) is 11.0 Å². The van der Waals surface area contributed by atoms with E-state index in [0.29, 0.717) is 16.5 Å².